The lowest BCUT2D eigenvalue weighted by atomic mass is 10.1. The number of rotatable bonds is 4. The van der Waals surface area contributed by atoms with Crippen LogP contribution in [0.25, 0.3) is 0 Å². The molecule has 10 heteroatoms. The first-order chi connectivity index (χ1) is 15.3. The van der Waals surface area contributed by atoms with Gasteiger partial charge in [0, 0.05) is 44.0 Å². The van der Waals surface area contributed by atoms with Crippen molar-refractivity contribution in [2.75, 3.05) is 31.2 Å². The maximum atomic E-state index is 13.1. The monoisotopic (exact) mass is 474 g/mol. The standard InChI is InChI=1S/C22H23ClN4O4S/c1-16-4-2-3-5-20(16)27-21(28)11-10-19(24-27)22(29)25-12-14-26(15-13-25)32(30,31)18-8-6-17(23)7-9-18/h2-9H,10-15H2,1H3. The zero-order valence-electron chi connectivity index (χ0n) is 17.6. The number of hydrogen-bond donors (Lipinski definition) is 0. The molecule has 2 aromatic carbocycles. The van der Waals surface area contributed by atoms with Crippen molar-refractivity contribution in [2.45, 2.75) is 24.7 Å². The average molecular weight is 475 g/mol. The van der Waals surface area contributed by atoms with Crippen LogP contribution in [0.2, 0.25) is 5.02 Å². The molecule has 0 N–H and O–H groups in total. The third-order valence-corrected chi connectivity index (χ3v) is 7.77. The lowest BCUT2D eigenvalue weighted by molar-refractivity contribution is -0.125. The van der Waals surface area contributed by atoms with Gasteiger partial charge >= 0.3 is 0 Å². The number of amides is 2. The Morgan fingerprint density at radius 1 is 0.969 bits per heavy atom. The first-order valence-corrected chi connectivity index (χ1v) is 12.1. The molecule has 0 atom stereocenters. The van der Waals surface area contributed by atoms with E-state index in [1.807, 2.05) is 25.1 Å². The minimum Gasteiger partial charge on any atom is -0.335 e. The first kappa shape index (κ1) is 22.4. The van der Waals surface area contributed by atoms with Crippen molar-refractivity contribution in [3.63, 3.8) is 0 Å². The summed E-state index contributed by atoms with van der Waals surface area (Å²) in [5, 5.41) is 6.12. The number of aryl methyl sites for hydroxylation is 1. The van der Waals surface area contributed by atoms with E-state index in [4.69, 9.17) is 11.6 Å². The van der Waals surface area contributed by atoms with E-state index < -0.39 is 10.0 Å². The van der Waals surface area contributed by atoms with Crippen molar-refractivity contribution in [2.24, 2.45) is 5.10 Å². The molecule has 2 aliphatic heterocycles. The smallest absolute Gasteiger partial charge is 0.270 e. The second-order valence-electron chi connectivity index (χ2n) is 7.69. The van der Waals surface area contributed by atoms with Crippen LogP contribution in [0.4, 0.5) is 5.69 Å². The van der Waals surface area contributed by atoms with Gasteiger partial charge in [0.15, 0.2) is 0 Å². The third kappa shape index (κ3) is 4.41. The van der Waals surface area contributed by atoms with Crippen molar-refractivity contribution in [1.82, 2.24) is 9.21 Å². The fourth-order valence-electron chi connectivity index (χ4n) is 3.77. The third-order valence-electron chi connectivity index (χ3n) is 5.60. The zero-order valence-corrected chi connectivity index (χ0v) is 19.1. The maximum Gasteiger partial charge on any atom is 0.270 e. The lowest BCUT2D eigenvalue weighted by Gasteiger charge is -2.35. The Bertz CT molecular complexity index is 1170. The number of hydrogen-bond acceptors (Lipinski definition) is 5. The molecule has 2 heterocycles. The maximum absolute atomic E-state index is 13.1. The topological polar surface area (TPSA) is 90.4 Å². The highest BCUT2D eigenvalue weighted by molar-refractivity contribution is 7.89. The summed E-state index contributed by atoms with van der Waals surface area (Å²) in [5.41, 5.74) is 1.85. The van der Waals surface area contributed by atoms with Gasteiger partial charge in [0.25, 0.3) is 5.91 Å². The Hall–Kier alpha value is -2.75. The van der Waals surface area contributed by atoms with E-state index in [1.54, 1.807) is 11.0 Å². The Morgan fingerprint density at radius 2 is 1.62 bits per heavy atom. The molecular formula is C22H23ClN4O4S. The van der Waals surface area contributed by atoms with Gasteiger partial charge < -0.3 is 4.90 Å². The average Bonchev–Trinajstić information content (AvgIpc) is 2.80. The highest BCUT2D eigenvalue weighted by atomic mass is 35.5. The fourth-order valence-corrected chi connectivity index (χ4v) is 5.31. The largest absolute Gasteiger partial charge is 0.335 e. The molecule has 2 aliphatic rings. The van der Waals surface area contributed by atoms with Gasteiger partial charge in [0.1, 0.15) is 5.71 Å². The van der Waals surface area contributed by atoms with Crippen molar-refractivity contribution in [3.8, 4) is 0 Å². The van der Waals surface area contributed by atoms with Crippen molar-refractivity contribution < 1.29 is 18.0 Å². The summed E-state index contributed by atoms with van der Waals surface area (Å²) in [5.74, 6) is -0.422. The quantitative estimate of drug-likeness (QED) is 0.681. The Labute approximate surface area is 192 Å². The Balaban J connectivity index is 1.46. The molecule has 2 amide bonds. The second kappa shape index (κ2) is 9.01. The number of hydrazone groups is 1. The predicted octanol–water partition coefficient (Wildman–Crippen LogP) is 2.66. The van der Waals surface area contributed by atoms with Crippen LogP contribution in [0.15, 0.2) is 58.5 Å². The molecule has 168 valence electrons. The first-order valence-electron chi connectivity index (χ1n) is 10.3. The Morgan fingerprint density at radius 3 is 2.28 bits per heavy atom. The van der Waals surface area contributed by atoms with Crippen LogP contribution in [-0.4, -0.2) is 61.3 Å². The van der Waals surface area contributed by atoms with Gasteiger partial charge in [-0.05, 0) is 42.8 Å². The van der Waals surface area contributed by atoms with Crippen LogP contribution in [0.3, 0.4) is 0 Å². The molecule has 1 fully saturated rings. The lowest BCUT2D eigenvalue weighted by Crippen LogP contribution is -2.52. The minimum absolute atomic E-state index is 0.158. The molecule has 0 bridgehead atoms. The summed E-state index contributed by atoms with van der Waals surface area (Å²) in [7, 11) is -3.66. The van der Waals surface area contributed by atoms with Crippen LogP contribution in [0.1, 0.15) is 18.4 Å². The van der Waals surface area contributed by atoms with E-state index in [1.165, 1.54) is 33.6 Å². The molecule has 0 spiro atoms. The van der Waals surface area contributed by atoms with Crippen molar-refractivity contribution in [3.05, 3.63) is 59.1 Å². The molecule has 0 saturated carbocycles. The van der Waals surface area contributed by atoms with Crippen LogP contribution in [0, 0.1) is 6.92 Å². The zero-order chi connectivity index (χ0) is 22.9. The van der Waals surface area contributed by atoms with E-state index in [-0.39, 0.29) is 55.7 Å². The molecular weight excluding hydrogens is 452 g/mol. The number of carbonyl (C=O) groups excluding carboxylic acids is 2. The minimum atomic E-state index is -3.66. The molecule has 0 unspecified atom stereocenters. The molecule has 0 aromatic heterocycles. The van der Waals surface area contributed by atoms with E-state index in [9.17, 15) is 18.0 Å². The number of benzene rings is 2. The van der Waals surface area contributed by atoms with Crippen LogP contribution in [-0.2, 0) is 19.6 Å². The summed E-state index contributed by atoms with van der Waals surface area (Å²) in [6.45, 7) is 2.76. The van der Waals surface area contributed by atoms with Crippen LogP contribution < -0.4 is 5.01 Å². The summed E-state index contributed by atoms with van der Waals surface area (Å²) < 4.78 is 27.1. The molecule has 32 heavy (non-hydrogen) atoms. The molecule has 0 aliphatic carbocycles. The van der Waals surface area contributed by atoms with E-state index in [0.29, 0.717) is 16.4 Å². The van der Waals surface area contributed by atoms with Gasteiger partial charge in [-0.1, -0.05) is 29.8 Å². The summed E-state index contributed by atoms with van der Waals surface area (Å²) >= 11 is 5.85. The SMILES string of the molecule is Cc1ccccc1N1N=C(C(=O)N2CCN(S(=O)(=O)c3ccc(Cl)cc3)CC2)CCC1=O. The molecule has 0 radical (unpaired) electrons. The molecule has 8 nitrogen and oxygen atoms in total. The van der Waals surface area contributed by atoms with Gasteiger partial charge in [0.05, 0.1) is 10.6 Å². The Kier molecular flexibility index (Phi) is 6.32. The highest BCUT2D eigenvalue weighted by Gasteiger charge is 2.33. The van der Waals surface area contributed by atoms with Crippen molar-refractivity contribution in [1.29, 1.82) is 0 Å². The van der Waals surface area contributed by atoms with Gasteiger partial charge in [-0.25, -0.2) is 13.4 Å². The van der Waals surface area contributed by atoms with Gasteiger partial charge in [-0.2, -0.15) is 9.41 Å². The van der Waals surface area contributed by atoms with E-state index >= 15 is 0 Å². The van der Waals surface area contributed by atoms with Gasteiger partial charge in [-0.15, -0.1) is 0 Å². The summed E-state index contributed by atoms with van der Waals surface area (Å²) in [6.07, 6.45) is 0.465. The number of piperazine rings is 1. The normalized spacial score (nSPS) is 17.9. The predicted molar refractivity (Wildman–Crippen MR) is 122 cm³/mol. The summed E-state index contributed by atoms with van der Waals surface area (Å²) in [6, 6.07) is 13.4. The molecule has 1 saturated heterocycles. The molecule has 4 rings (SSSR count). The van der Waals surface area contributed by atoms with Crippen LogP contribution >= 0.6 is 11.6 Å². The molecule has 2 aromatic rings. The van der Waals surface area contributed by atoms with Crippen LogP contribution in [0.5, 0.6) is 0 Å². The number of halogens is 1. The number of carbonyl (C=O) groups is 2. The second-order valence-corrected chi connectivity index (χ2v) is 10.1. The number of anilines is 1. The van der Waals surface area contributed by atoms with E-state index in [2.05, 4.69) is 5.10 Å². The number of sulfonamides is 1. The van der Waals surface area contributed by atoms with Crippen molar-refractivity contribution >= 4 is 44.8 Å². The number of nitrogens with zero attached hydrogens (tertiary/aromatic N) is 4. The number of para-hydroxylation sites is 1. The van der Waals surface area contributed by atoms with Gasteiger partial charge in [-0.3, -0.25) is 9.59 Å². The highest BCUT2D eigenvalue weighted by Crippen LogP contribution is 2.25. The summed E-state index contributed by atoms with van der Waals surface area (Å²) in [4.78, 5) is 27.2. The van der Waals surface area contributed by atoms with E-state index in [0.717, 1.165) is 5.56 Å². The van der Waals surface area contributed by atoms with Gasteiger partial charge in [0.2, 0.25) is 15.9 Å². The fraction of sp³-hybridized carbons (Fsp3) is 0.318.